The van der Waals surface area contributed by atoms with Gasteiger partial charge in [0.2, 0.25) is 0 Å². The zero-order valence-electron chi connectivity index (χ0n) is 5.29. The molecule has 1 rings (SSSR count). The Morgan fingerprint density at radius 2 is 2.22 bits per heavy atom. The van der Waals surface area contributed by atoms with Crippen molar-refractivity contribution in [2.45, 2.75) is 0 Å². The van der Waals surface area contributed by atoms with Crippen LogP contribution in [0.3, 0.4) is 0 Å². The zero-order valence-corrected chi connectivity index (χ0v) is 5.29. The highest BCUT2D eigenvalue weighted by Crippen LogP contribution is 2.03. The molecule has 1 nitrogen and oxygen atoms in total. The van der Waals surface area contributed by atoms with Crippen LogP contribution in [0.5, 0.6) is 5.75 Å². The molecular weight excluding hydrogens is 111 g/mol. The molecule has 0 spiro atoms. The minimum atomic E-state index is 0.731. The largest absolute Gasteiger partial charge is 0.580 e. The van der Waals surface area contributed by atoms with Crippen molar-refractivity contribution in [1.29, 1.82) is 0 Å². The van der Waals surface area contributed by atoms with Gasteiger partial charge in [0.1, 0.15) is 5.75 Å². The van der Waals surface area contributed by atoms with Gasteiger partial charge in [-0.3, -0.25) is 0 Å². The molecule has 0 N–H and O–H groups in total. The number of hydrogen-bond acceptors (Lipinski definition) is 1. The minimum Gasteiger partial charge on any atom is -0.580 e. The first kappa shape index (κ1) is 6.21. The maximum absolute atomic E-state index is 5.45. The molecule has 45 valence electrons. The lowest BCUT2D eigenvalue weighted by Gasteiger charge is -2.07. The Morgan fingerprint density at radius 1 is 1.44 bits per heavy atom. The van der Waals surface area contributed by atoms with E-state index >= 15 is 0 Å². The lowest BCUT2D eigenvalue weighted by atomic mass is 9.96. The highest BCUT2D eigenvalue weighted by atomic mass is 16.5. The molecule has 0 saturated heterocycles. The van der Waals surface area contributed by atoms with Crippen LogP contribution in [0.4, 0.5) is 0 Å². The van der Waals surface area contributed by atoms with Gasteiger partial charge >= 0.3 is 0 Å². The first-order chi connectivity index (χ1) is 4.33. The average molecular weight is 118 g/mol. The Balaban J connectivity index is 2.94. The van der Waals surface area contributed by atoms with Crippen molar-refractivity contribution in [3.63, 3.8) is 0 Å². The van der Waals surface area contributed by atoms with E-state index in [1.54, 1.807) is 13.2 Å². The van der Waals surface area contributed by atoms with Gasteiger partial charge < -0.3 is 18.0 Å². The van der Waals surface area contributed by atoms with Crippen LogP contribution in [0.25, 0.3) is 0 Å². The zero-order chi connectivity index (χ0) is 6.69. The van der Waals surface area contributed by atoms with Gasteiger partial charge in [0.15, 0.2) is 0 Å². The third kappa shape index (κ3) is 1.49. The van der Waals surface area contributed by atoms with E-state index in [1.165, 1.54) is 0 Å². The Kier molecular flexibility index (Phi) is 1.78. The number of ether oxygens (including phenoxy) is 1. The van der Waals surface area contributed by atoms with Crippen LogP contribution in [0.1, 0.15) is 0 Å². The molecular formula is C7H7BO-. The Morgan fingerprint density at radius 3 is 2.67 bits per heavy atom. The van der Waals surface area contributed by atoms with Crippen LogP contribution < -0.4 is 10.2 Å². The molecule has 0 aliphatic rings. The van der Waals surface area contributed by atoms with Crippen molar-refractivity contribution >= 4 is 13.3 Å². The van der Waals surface area contributed by atoms with E-state index in [0.29, 0.717) is 0 Å². The van der Waals surface area contributed by atoms with E-state index in [-0.39, 0.29) is 0 Å². The SMILES string of the molecule is [B-]c1cccc(OC)c1. The van der Waals surface area contributed by atoms with Crippen molar-refractivity contribution < 1.29 is 4.74 Å². The predicted molar refractivity (Wildman–Crippen MR) is 38.4 cm³/mol. The first-order valence-corrected chi connectivity index (χ1v) is 2.72. The summed E-state index contributed by atoms with van der Waals surface area (Å²) in [5.41, 5.74) is 0.731. The van der Waals surface area contributed by atoms with Crippen LogP contribution in [-0.4, -0.2) is 15.0 Å². The third-order valence-electron chi connectivity index (χ3n) is 1.09. The molecule has 3 radical (unpaired) electrons. The normalized spacial score (nSPS) is 9.11. The van der Waals surface area contributed by atoms with Gasteiger partial charge in [-0.2, -0.15) is 0 Å². The maximum Gasteiger partial charge on any atom is 0.115 e. The Labute approximate surface area is 56.1 Å². The van der Waals surface area contributed by atoms with Gasteiger partial charge in [-0.25, -0.2) is 0 Å². The van der Waals surface area contributed by atoms with E-state index in [2.05, 4.69) is 0 Å². The van der Waals surface area contributed by atoms with Crippen LogP contribution in [0, 0.1) is 0 Å². The highest BCUT2D eigenvalue weighted by Gasteiger charge is 1.80. The molecule has 0 fully saturated rings. The minimum absolute atomic E-state index is 0.731. The monoisotopic (exact) mass is 118 g/mol. The van der Waals surface area contributed by atoms with Crippen molar-refractivity contribution in [1.82, 2.24) is 0 Å². The summed E-state index contributed by atoms with van der Waals surface area (Å²) in [7, 11) is 7.07. The van der Waals surface area contributed by atoms with Crippen LogP contribution in [0.15, 0.2) is 24.3 Å². The maximum atomic E-state index is 5.45. The summed E-state index contributed by atoms with van der Waals surface area (Å²) in [6, 6.07) is 7.31. The Hall–Kier alpha value is -0.915. The fourth-order valence-corrected chi connectivity index (χ4v) is 0.642. The second-order valence-corrected chi connectivity index (χ2v) is 1.78. The quantitative estimate of drug-likeness (QED) is 0.487. The van der Waals surface area contributed by atoms with Gasteiger partial charge in [-0.15, -0.1) is 6.07 Å². The highest BCUT2D eigenvalue weighted by molar-refractivity contribution is 6.32. The summed E-state index contributed by atoms with van der Waals surface area (Å²) in [5.74, 6) is 0.801. The van der Waals surface area contributed by atoms with E-state index in [1.807, 2.05) is 18.2 Å². The van der Waals surface area contributed by atoms with E-state index in [4.69, 9.17) is 12.6 Å². The molecule has 0 heterocycles. The second-order valence-electron chi connectivity index (χ2n) is 1.78. The number of rotatable bonds is 1. The molecule has 0 atom stereocenters. The van der Waals surface area contributed by atoms with E-state index in [0.717, 1.165) is 11.2 Å². The summed E-state index contributed by atoms with van der Waals surface area (Å²) >= 11 is 0. The lowest BCUT2D eigenvalue weighted by molar-refractivity contribution is 0.415. The van der Waals surface area contributed by atoms with Crippen molar-refractivity contribution in [3.8, 4) is 5.75 Å². The van der Waals surface area contributed by atoms with Gasteiger partial charge in [0, 0.05) is 0 Å². The smallest absolute Gasteiger partial charge is 0.115 e. The van der Waals surface area contributed by atoms with Gasteiger partial charge in [-0.05, 0) is 6.07 Å². The number of methoxy groups -OCH3 is 1. The fourth-order valence-electron chi connectivity index (χ4n) is 0.642. The molecule has 2 heteroatoms. The first-order valence-electron chi connectivity index (χ1n) is 2.72. The average Bonchev–Trinajstić information content (AvgIpc) is 1.88. The van der Waals surface area contributed by atoms with Gasteiger partial charge in [0.25, 0.3) is 0 Å². The van der Waals surface area contributed by atoms with Crippen LogP contribution in [0.2, 0.25) is 0 Å². The summed E-state index contributed by atoms with van der Waals surface area (Å²) in [6.45, 7) is 0. The van der Waals surface area contributed by atoms with Crippen molar-refractivity contribution in [3.05, 3.63) is 24.3 Å². The van der Waals surface area contributed by atoms with E-state index < -0.39 is 0 Å². The Bertz CT molecular complexity index is 198. The van der Waals surface area contributed by atoms with Crippen molar-refractivity contribution in [2.24, 2.45) is 0 Å². The summed E-state index contributed by atoms with van der Waals surface area (Å²) in [4.78, 5) is 0. The fraction of sp³-hybridized carbons (Fsp3) is 0.143. The molecule has 0 amide bonds. The lowest BCUT2D eigenvalue weighted by Crippen LogP contribution is -2.00. The van der Waals surface area contributed by atoms with Crippen LogP contribution in [-0.2, 0) is 0 Å². The van der Waals surface area contributed by atoms with Gasteiger partial charge in [0.05, 0.1) is 7.11 Å². The standard InChI is InChI=1S/C7H7BO/c1-9-7-4-2-3-6(8)5-7/h2-5H,1H3/q-1. The summed E-state index contributed by atoms with van der Waals surface area (Å²) < 4.78 is 4.92. The number of benzene rings is 1. The molecule has 1 aromatic rings. The molecule has 1 aromatic carbocycles. The summed E-state index contributed by atoms with van der Waals surface area (Å²) in [5, 5.41) is 0. The second kappa shape index (κ2) is 2.58. The predicted octanol–water partition coefficient (Wildman–Crippen LogP) is 0.489. The molecule has 0 unspecified atom stereocenters. The molecule has 0 aliphatic carbocycles. The van der Waals surface area contributed by atoms with E-state index in [9.17, 15) is 0 Å². The molecule has 0 aromatic heterocycles. The molecule has 0 saturated carbocycles. The van der Waals surface area contributed by atoms with Crippen LogP contribution >= 0.6 is 0 Å². The van der Waals surface area contributed by atoms with Crippen molar-refractivity contribution in [2.75, 3.05) is 7.11 Å². The third-order valence-corrected chi connectivity index (χ3v) is 1.09. The molecule has 9 heavy (non-hydrogen) atoms. The topological polar surface area (TPSA) is 9.23 Å². The number of hydrogen-bond donors (Lipinski definition) is 0. The molecule has 0 bridgehead atoms. The summed E-state index contributed by atoms with van der Waals surface area (Å²) in [6.07, 6.45) is 0. The van der Waals surface area contributed by atoms with Gasteiger partial charge in [-0.1, -0.05) is 12.1 Å². The molecule has 0 aliphatic heterocycles.